The van der Waals surface area contributed by atoms with E-state index in [1.165, 1.54) is 7.11 Å². The minimum Gasteiger partial charge on any atom is -0.467 e. The maximum Gasteiger partial charge on any atom is 0.333 e. The Morgan fingerprint density at radius 2 is 1.95 bits per heavy atom. The van der Waals surface area contributed by atoms with Crippen LogP contribution in [0.15, 0.2) is 30.3 Å². The molecule has 0 radical (unpaired) electrons. The Kier molecular flexibility index (Phi) is 7.40. The highest BCUT2D eigenvalue weighted by Crippen LogP contribution is 2.24. The number of unbranched alkanes of at least 4 members (excludes halogenated alkanes) is 1. The van der Waals surface area contributed by atoms with E-state index in [0.717, 1.165) is 18.4 Å². The first-order valence-electron chi connectivity index (χ1n) is 7.56. The van der Waals surface area contributed by atoms with Crippen LogP contribution in [0.2, 0.25) is 0 Å². The minimum atomic E-state index is -0.960. The molecule has 4 nitrogen and oxygen atoms in total. The van der Waals surface area contributed by atoms with Gasteiger partial charge in [0.15, 0.2) is 5.54 Å². The van der Waals surface area contributed by atoms with Crippen LogP contribution in [-0.4, -0.2) is 32.3 Å². The summed E-state index contributed by atoms with van der Waals surface area (Å²) in [5.41, 5.74) is -0.0974. The number of benzene rings is 1. The van der Waals surface area contributed by atoms with Crippen LogP contribution in [0.25, 0.3) is 0 Å². The zero-order valence-electron chi connectivity index (χ0n) is 13.5. The number of rotatable bonds is 9. The zero-order valence-corrected chi connectivity index (χ0v) is 13.5. The smallest absolute Gasteiger partial charge is 0.333 e. The van der Waals surface area contributed by atoms with Crippen molar-refractivity contribution in [3.8, 4) is 0 Å². The van der Waals surface area contributed by atoms with Gasteiger partial charge in [0, 0.05) is 12.6 Å². The van der Waals surface area contributed by atoms with Crippen LogP contribution < -0.4 is 5.32 Å². The van der Waals surface area contributed by atoms with Crippen LogP contribution in [0.5, 0.6) is 0 Å². The number of esters is 1. The number of hydrogen-bond donors (Lipinski definition) is 1. The summed E-state index contributed by atoms with van der Waals surface area (Å²) >= 11 is 0. The second-order valence-corrected chi connectivity index (χ2v) is 5.47. The van der Waals surface area contributed by atoms with Gasteiger partial charge in [-0.3, -0.25) is 5.32 Å². The first kappa shape index (κ1) is 17.7. The molecule has 1 unspecified atom stereocenters. The maximum absolute atomic E-state index is 12.5. The monoisotopic (exact) mass is 293 g/mol. The lowest BCUT2D eigenvalue weighted by Crippen LogP contribution is -2.55. The van der Waals surface area contributed by atoms with Crippen molar-refractivity contribution in [2.45, 2.75) is 45.2 Å². The van der Waals surface area contributed by atoms with E-state index in [0.29, 0.717) is 6.61 Å². The third kappa shape index (κ3) is 4.83. The van der Waals surface area contributed by atoms with E-state index in [2.05, 4.69) is 12.2 Å². The lowest BCUT2D eigenvalue weighted by atomic mass is 9.89. The SMILES string of the molecule is CCCCOCC(NC(C)C)(C(=O)OC)c1ccccc1. The quantitative estimate of drug-likeness (QED) is 0.562. The van der Waals surface area contributed by atoms with Gasteiger partial charge in [0.05, 0.1) is 13.7 Å². The molecule has 118 valence electrons. The van der Waals surface area contributed by atoms with Crippen molar-refractivity contribution in [1.82, 2.24) is 5.32 Å². The van der Waals surface area contributed by atoms with Crippen LogP contribution >= 0.6 is 0 Å². The molecule has 1 atom stereocenters. The maximum atomic E-state index is 12.5. The third-order valence-electron chi connectivity index (χ3n) is 3.30. The van der Waals surface area contributed by atoms with E-state index < -0.39 is 5.54 Å². The standard InChI is InChI=1S/C17H27NO3/c1-5-6-12-21-13-17(16(19)20-4,18-14(2)3)15-10-8-7-9-11-15/h7-11,14,18H,5-6,12-13H2,1-4H3. The van der Waals surface area contributed by atoms with Gasteiger partial charge in [0.25, 0.3) is 0 Å². The highest BCUT2D eigenvalue weighted by Gasteiger charge is 2.42. The van der Waals surface area contributed by atoms with Crippen molar-refractivity contribution in [3.63, 3.8) is 0 Å². The second kappa shape index (κ2) is 8.80. The van der Waals surface area contributed by atoms with Crippen molar-refractivity contribution in [2.75, 3.05) is 20.3 Å². The molecule has 1 aromatic carbocycles. The molecule has 0 bridgehead atoms. The molecule has 0 aliphatic carbocycles. The summed E-state index contributed by atoms with van der Waals surface area (Å²) in [4.78, 5) is 12.5. The Morgan fingerprint density at radius 3 is 2.48 bits per heavy atom. The van der Waals surface area contributed by atoms with Gasteiger partial charge in [-0.1, -0.05) is 43.7 Å². The molecule has 1 N–H and O–H groups in total. The summed E-state index contributed by atoms with van der Waals surface area (Å²) in [5, 5.41) is 3.34. The average Bonchev–Trinajstić information content (AvgIpc) is 2.50. The topological polar surface area (TPSA) is 47.6 Å². The molecular weight excluding hydrogens is 266 g/mol. The lowest BCUT2D eigenvalue weighted by molar-refractivity contribution is -0.152. The summed E-state index contributed by atoms with van der Waals surface area (Å²) in [5.74, 6) is -0.320. The number of nitrogens with one attached hydrogen (secondary N) is 1. The Balaban J connectivity index is 3.06. The largest absolute Gasteiger partial charge is 0.467 e. The number of ether oxygens (including phenoxy) is 2. The first-order valence-corrected chi connectivity index (χ1v) is 7.56. The fourth-order valence-corrected chi connectivity index (χ4v) is 2.31. The average molecular weight is 293 g/mol. The zero-order chi connectivity index (χ0) is 15.7. The molecule has 0 saturated carbocycles. The van der Waals surface area contributed by atoms with Gasteiger partial charge in [0.1, 0.15) is 0 Å². The van der Waals surface area contributed by atoms with Gasteiger partial charge < -0.3 is 9.47 Å². The van der Waals surface area contributed by atoms with Crippen LogP contribution in [0, 0.1) is 0 Å². The van der Waals surface area contributed by atoms with E-state index in [4.69, 9.17) is 9.47 Å². The molecule has 4 heteroatoms. The van der Waals surface area contributed by atoms with E-state index in [1.54, 1.807) is 0 Å². The van der Waals surface area contributed by atoms with E-state index >= 15 is 0 Å². The number of methoxy groups -OCH3 is 1. The Hall–Kier alpha value is -1.39. The molecule has 0 heterocycles. The molecule has 0 amide bonds. The van der Waals surface area contributed by atoms with Crippen LogP contribution in [-0.2, 0) is 19.8 Å². The van der Waals surface area contributed by atoms with Gasteiger partial charge in [-0.15, -0.1) is 0 Å². The van der Waals surface area contributed by atoms with Gasteiger partial charge in [-0.25, -0.2) is 4.79 Å². The van der Waals surface area contributed by atoms with Gasteiger partial charge in [0.2, 0.25) is 0 Å². The first-order chi connectivity index (χ1) is 10.1. The number of carbonyl (C=O) groups excluding carboxylic acids is 1. The summed E-state index contributed by atoms with van der Waals surface area (Å²) in [7, 11) is 1.41. The highest BCUT2D eigenvalue weighted by molar-refractivity contribution is 5.83. The van der Waals surface area contributed by atoms with Crippen molar-refractivity contribution in [2.24, 2.45) is 0 Å². The van der Waals surface area contributed by atoms with Crippen molar-refractivity contribution < 1.29 is 14.3 Å². The lowest BCUT2D eigenvalue weighted by Gasteiger charge is -2.34. The Bertz CT molecular complexity index is 419. The fraction of sp³-hybridized carbons (Fsp3) is 0.588. The third-order valence-corrected chi connectivity index (χ3v) is 3.30. The Morgan fingerprint density at radius 1 is 1.29 bits per heavy atom. The van der Waals surface area contributed by atoms with Gasteiger partial charge >= 0.3 is 5.97 Å². The van der Waals surface area contributed by atoms with Crippen LogP contribution in [0.4, 0.5) is 0 Å². The molecule has 0 aliphatic heterocycles. The molecule has 0 fully saturated rings. The molecule has 1 rings (SSSR count). The summed E-state index contributed by atoms with van der Waals surface area (Å²) in [6, 6.07) is 9.74. The summed E-state index contributed by atoms with van der Waals surface area (Å²) in [6.07, 6.45) is 2.04. The van der Waals surface area contributed by atoms with E-state index in [1.807, 2.05) is 44.2 Å². The van der Waals surface area contributed by atoms with Gasteiger partial charge in [-0.2, -0.15) is 0 Å². The number of hydrogen-bond acceptors (Lipinski definition) is 4. The second-order valence-electron chi connectivity index (χ2n) is 5.47. The molecule has 0 saturated heterocycles. The minimum absolute atomic E-state index is 0.124. The summed E-state index contributed by atoms with van der Waals surface area (Å²) < 4.78 is 10.8. The van der Waals surface area contributed by atoms with Crippen molar-refractivity contribution in [1.29, 1.82) is 0 Å². The number of carbonyl (C=O) groups is 1. The molecule has 1 aromatic rings. The predicted octanol–water partition coefficient (Wildman–Crippen LogP) is 2.87. The van der Waals surface area contributed by atoms with Crippen LogP contribution in [0.3, 0.4) is 0 Å². The highest BCUT2D eigenvalue weighted by atomic mass is 16.5. The normalized spacial score (nSPS) is 14.0. The van der Waals surface area contributed by atoms with Crippen molar-refractivity contribution >= 4 is 5.97 Å². The molecular formula is C17H27NO3. The van der Waals surface area contributed by atoms with E-state index in [-0.39, 0.29) is 18.6 Å². The van der Waals surface area contributed by atoms with Crippen molar-refractivity contribution in [3.05, 3.63) is 35.9 Å². The fourth-order valence-electron chi connectivity index (χ4n) is 2.31. The molecule has 0 aliphatic rings. The Labute approximate surface area is 127 Å². The molecule has 0 spiro atoms. The van der Waals surface area contributed by atoms with Crippen LogP contribution in [0.1, 0.15) is 39.2 Å². The summed E-state index contributed by atoms with van der Waals surface area (Å²) in [6.45, 7) is 7.03. The molecule has 21 heavy (non-hydrogen) atoms. The van der Waals surface area contributed by atoms with E-state index in [9.17, 15) is 4.79 Å². The molecule has 0 aromatic heterocycles. The van der Waals surface area contributed by atoms with Gasteiger partial charge in [-0.05, 0) is 25.8 Å². The predicted molar refractivity (Wildman–Crippen MR) is 84.1 cm³/mol.